The second-order valence-electron chi connectivity index (χ2n) is 13.7. The Balaban J connectivity index is 1.45. The van der Waals surface area contributed by atoms with Crippen molar-refractivity contribution >= 4 is 84.1 Å². The number of hydrogen-bond acceptors (Lipinski definition) is 7. The Hall–Kier alpha value is -3.05. The Morgan fingerprint density at radius 1 is 0.980 bits per heavy atom. The second-order valence-corrected chi connectivity index (χ2v) is 18.4. The Labute approximate surface area is 331 Å². The van der Waals surface area contributed by atoms with Gasteiger partial charge in [0.25, 0.3) is 0 Å². The highest BCUT2D eigenvalue weighted by Crippen LogP contribution is 2.47. The molecule has 0 saturated heterocycles. The zero-order chi connectivity index (χ0) is 36.8. The third kappa shape index (κ3) is 9.13. The molecule has 1 aliphatic carbocycles. The van der Waals surface area contributed by atoms with Gasteiger partial charge in [-0.05, 0) is 111 Å². The van der Waals surface area contributed by atoms with Gasteiger partial charge in [-0.2, -0.15) is 0 Å². The number of para-hydroxylation sites is 1. The molecule has 4 nitrogen and oxygen atoms in total. The molecule has 3 aromatic carbocycles. The minimum absolute atomic E-state index is 0.120. The Kier molecular flexibility index (Phi) is 13.2. The zero-order valence-corrected chi connectivity index (χ0v) is 35.0. The van der Waals surface area contributed by atoms with Crippen LogP contribution in [0.2, 0.25) is 0 Å². The lowest BCUT2D eigenvalue weighted by atomic mass is 9.79. The van der Waals surface area contributed by atoms with E-state index in [0.29, 0.717) is 14.5 Å². The smallest absolute Gasteiger partial charge is 0.133 e. The lowest BCUT2D eigenvalue weighted by Crippen LogP contribution is -2.28. The third-order valence-corrected chi connectivity index (χ3v) is 13.8. The maximum absolute atomic E-state index is 9.07. The van der Waals surface area contributed by atoms with E-state index in [-0.39, 0.29) is 10.8 Å². The van der Waals surface area contributed by atoms with Crippen LogP contribution in [-0.2, 0) is 16.6 Å². The maximum Gasteiger partial charge on any atom is 0.133 e. The Morgan fingerprint density at radius 2 is 1.69 bits per heavy atom. The van der Waals surface area contributed by atoms with Gasteiger partial charge in [-0.3, -0.25) is 15.8 Å². The minimum Gasteiger partial charge on any atom is -0.347 e. The van der Waals surface area contributed by atoms with Gasteiger partial charge >= 0.3 is 0 Å². The molecular formula is C43H47IN4S3. The number of aliphatic imine (C=N–C) groups is 1. The van der Waals surface area contributed by atoms with E-state index in [1.54, 1.807) is 0 Å². The number of likely N-dealkylation sites (N-methyl/N-ethyl adjacent to an activating group) is 1. The van der Waals surface area contributed by atoms with Crippen LogP contribution in [0.5, 0.6) is 0 Å². The summed E-state index contributed by atoms with van der Waals surface area (Å²) in [5.41, 5.74) is 10.4. The minimum atomic E-state index is -0.275. The van der Waals surface area contributed by atoms with E-state index < -0.39 is 0 Å². The molecule has 0 unspecified atom stereocenters. The molecule has 0 spiro atoms. The number of rotatable bonds is 9. The Bertz CT molecular complexity index is 1960. The normalized spacial score (nSPS) is 17.8. The van der Waals surface area contributed by atoms with Crippen molar-refractivity contribution in [3.63, 3.8) is 0 Å². The van der Waals surface area contributed by atoms with Crippen LogP contribution in [0.15, 0.2) is 130 Å². The predicted molar refractivity (Wildman–Crippen MR) is 238 cm³/mol. The second kappa shape index (κ2) is 17.2. The van der Waals surface area contributed by atoms with Crippen LogP contribution in [0, 0.1) is 14.4 Å². The number of benzene rings is 3. The van der Waals surface area contributed by atoms with Crippen LogP contribution in [0.4, 0.5) is 5.69 Å². The van der Waals surface area contributed by atoms with E-state index in [1.165, 1.54) is 72.5 Å². The maximum atomic E-state index is 9.07. The highest BCUT2D eigenvalue weighted by molar-refractivity contribution is 14.1. The molecule has 3 aromatic rings. The number of hydrogen-bond donors (Lipinski definition) is 2. The van der Waals surface area contributed by atoms with Gasteiger partial charge in [0, 0.05) is 56.2 Å². The molecule has 51 heavy (non-hydrogen) atoms. The van der Waals surface area contributed by atoms with Gasteiger partial charge in [0.2, 0.25) is 0 Å². The van der Waals surface area contributed by atoms with Crippen molar-refractivity contribution in [2.24, 2.45) is 4.99 Å². The fourth-order valence-electron chi connectivity index (χ4n) is 6.81. The van der Waals surface area contributed by atoms with Gasteiger partial charge in [0.15, 0.2) is 0 Å². The SMILES string of the molecule is C=Cc1ccc(CSC(=N)SC(=N)SC2=C(/C=C/C(=N\C)C(C)(C)c3ccccc3I)CCC/C2=C\C=C2\N(C)c3ccccc3C2(C)C)cc1. The van der Waals surface area contributed by atoms with Crippen molar-refractivity contribution in [3.05, 3.63) is 151 Å². The molecule has 0 aromatic heterocycles. The van der Waals surface area contributed by atoms with Gasteiger partial charge in [0.05, 0.1) is 0 Å². The van der Waals surface area contributed by atoms with Crippen molar-refractivity contribution < 1.29 is 0 Å². The summed E-state index contributed by atoms with van der Waals surface area (Å²) in [6.07, 6.45) is 13.7. The molecular weight excluding hydrogens is 796 g/mol. The summed E-state index contributed by atoms with van der Waals surface area (Å²) in [4.78, 5) is 8.20. The first-order valence-electron chi connectivity index (χ1n) is 17.1. The molecule has 0 atom stereocenters. The summed E-state index contributed by atoms with van der Waals surface area (Å²) in [7, 11) is 4.03. The monoisotopic (exact) mass is 842 g/mol. The fourth-order valence-corrected chi connectivity index (χ4v) is 10.8. The summed E-state index contributed by atoms with van der Waals surface area (Å²) >= 11 is 6.60. The molecule has 0 fully saturated rings. The molecule has 8 heteroatoms. The molecule has 1 aliphatic heterocycles. The number of thioether (sulfide) groups is 3. The number of nitrogens with zero attached hydrogens (tertiary/aromatic N) is 2. The van der Waals surface area contributed by atoms with Crippen molar-refractivity contribution in [1.82, 2.24) is 0 Å². The van der Waals surface area contributed by atoms with Crippen molar-refractivity contribution in [3.8, 4) is 0 Å². The zero-order valence-electron chi connectivity index (χ0n) is 30.3. The fraction of sp³-hybridized carbons (Fsp3) is 0.279. The van der Waals surface area contributed by atoms with Crippen molar-refractivity contribution in [2.75, 3.05) is 19.0 Å². The summed E-state index contributed by atoms with van der Waals surface area (Å²) in [6, 6.07) is 25.4. The first kappa shape index (κ1) is 39.2. The van der Waals surface area contributed by atoms with Gasteiger partial charge in [-0.1, -0.05) is 137 Å². The van der Waals surface area contributed by atoms with Crippen molar-refractivity contribution in [1.29, 1.82) is 10.8 Å². The van der Waals surface area contributed by atoms with E-state index >= 15 is 0 Å². The average Bonchev–Trinajstić information content (AvgIpc) is 3.31. The summed E-state index contributed by atoms with van der Waals surface area (Å²) < 4.78 is 2.06. The number of halogens is 1. The quantitative estimate of drug-likeness (QED) is 0.128. The van der Waals surface area contributed by atoms with Gasteiger partial charge in [-0.25, -0.2) is 0 Å². The summed E-state index contributed by atoms with van der Waals surface area (Å²) in [5.74, 6) is 0.692. The number of nitrogens with one attached hydrogen (secondary N) is 2. The van der Waals surface area contributed by atoms with Crippen LogP contribution in [-0.4, -0.2) is 28.6 Å². The number of fused-ring (bicyclic) bond motifs is 1. The summed E-state index contributed by atoms with van der Waals surface area (Å²) in [5, 5.41) is 17.8. The number of anilines is 1. The van der Waals surface area contributed by atoms with Crippen LogP contribution < -0.4 is 4.90 Å². The molecule has 1 heterocycles. The van der Waals surface area contributed by atoms with Crippen LogP contribution in [0.25, 0.3) is 6.08 Å². The largest absolute Gasteiger partial charge is 0.347 e. The molecule has 0 bridgehead atoms. The third-order valence-electron chi connectivity index (χ3n) is 9.69. The lowest BCUT2D eigenvalue weighted by molar-refractivity contribution is 0.640. The molecule has 5 rings (SSSR count). The van der Waals surface area contributed by atoms with E-state index in [1.807, 2.05) is 25.3 Å². The Morgan fingerprint density at radius 3 is 2.37 bits per heavy atom. The molecule has 0 saturated carbocycles. The van der Waals surface area contributed by atoms with Gasteiger partial charge in [-0.15, -0.1) is 0 Å². The highest BCUT2D eigenvalue weighted by Gasteiger charge is 2.38. The molecule has 2 aliphatic rings. The first-order valence-corrected chi connectivity index (χ1v) is 20.8. The first-order chi connectivity index (χ1) is 24.4. The van der Waals surface area contributed by atoms with E-state index in [4.69, 9.17) is 15.8 Å². The van der Waals surface area contributed by atoms with Gasteiger partial charge < -0.3 is 4.90 Å². The van der Waals surface area contributed by atoms with Crippen LogP contribution in [0.1, 0.15) is 69.2 Å². The van der Waals surface area contributed by atoms with Crippen LogP contribution in [0.3, 0.4) is 0 Å². The van der Waals surface area contributed by atoms with E-state index in [9.17, 15) is 0 Å². The van der Waals surface area contributed by atoms with Crippen LogP contribution >= 0.6 is 57.9 Å². The molecule has 0 amide bonds. The topological polar surface area (TPSA) is 63.3 Å². The molecule has 0 radical (unpaired) electrons. The van der Waals surface area contributed by atoms with E-state index in [0.717, 1.165) is 41.0 Å². The molecule has 2 N–H and O–H groups in total. The summed E-state index contributed by atoms with van der Waals surface area (Å²) in [6.45, 7) is 12.9. The van der Waals surface area contributed by atoms with E-state index in [2.05, 4.69) is 154 Å². The molecule has 264 valence electrons. The lowest BCUT2D eigenvalue weighted by Gasteiger charge is -2.27. The average molecular weight is 843 g/mol. The predicted octanol–water partition coefficient (Wildman–Crippen LogP) is 12.8. The highest BCUT2D eigenvalue weighted by atomic mass is 127. The standard InChI is InChI=1S/C43H47IN4S3/c1-8-29-20-22-30(23-21-29)28-49-40(45)51-41(46)50-39-31(24-26-37(47-6)42(2,3)33-16-9-11-18-35(33)44)14-13-15-32(39)25-27-38-43(4,5)34-17-10-12-19-36(34)48(38)7/h8-12,16-27,45-46H,1,13-15,28H2,2-7H3/b26-24+,32-25+,38-27+,45-40?,46-41?,47-37+. The number of allylic oxidation sites excluding steroid dienone is 7. The van der Waals surface area contributed by atoms with Gasteiger partial charge in [0.1, 0.15) is 8.75 Å². The van der Waals surface area contributed by atoms with Crippen molar-refractivity contribution in [2.45, 2.75) is 63.5 Å².